The summed E-state index contributed by atoms with van der Waals surface area (Å²) in [6.07, 6.45) is 1.53. The third kappa shape index (κ3) is 4.79. The first kappa shape index (κ1) is 24.2. The van der Waals surface area contributed by atoms with Gasteiger partial charge in [0.2, 0.25) is 0 Å². The maximum Gasteiger partial charge on any atom is 0.307 e. The Morgan fingerprint density at radius 1 is 0.946 bits per heavy atom. The van der Waals surface area contributed by atoms with Crippen molar-refractivity contribution in [3.63, 3.8) is 0 Å². The van der Waals surface area contributed by atoms with Gasteiger partial charge in [0, 0.05) is 27.8 Å². The van der Waals surface area contributed by atoms with Gasteiger partial charge in [0.1, 0.15) is 11.5 Å². The molecule has 37 heavy (non-hydrogen) atoms. The SMILES string of the molecule is COc1ccc(C=C2C(=O)Nc3cc(Cl)c(-c4ccc(-c5ccccc5O)cc4)cc32)cc1CC(=O)O. The molecule has 1 aliphatic heterocycles. The van der Waals surface area contributed by atoms with Crippen LogP contribution < -0.4 is 10.1 Å². The Labute approximate surface area is 218 Å². The highest BCUT2D eigenvalue weighted by atomic mass is 35.5. The molecule has 5 rings (SSSR count). The van der Waals surface area contributed by atoms with Crippen molar-refractivity contribution in [3.8, 4) is 33.8 Å². The number of rotatable bonds is 6. The van der Waals surface area contributed by atoms with Crippen LogP contribution in [-0.4, -0.2) is 29.2 Å². The molecule has 3 N–H and O–H groups in total. The van der Waals surface area contributed by atoms with E-state index in [1.165, 1.54) is 7.11 Å². The summed E-state index contributed by atoms with van der Waals surface area (Å²) >= 11 is 6.60. The number of anilines is 1. The molecule has 4 aromatic carbocycles. The van der Waals surface area contributed by atoms with E-state index >= 15 is 0 Å². The first-order valence-corrected chi connectivity index (χ1v) is 11.9. The molecule has 1 aliphatic rings. The summed E-state index contributed by atoms with van der Waals surface area (Å²) in [5.41, 5.74) is 6.17. The Morgan fingerprint density at radius 3 is 2.32 bits per heavy atom. The number of para-hydroxylation sites is 1. The summed E-state index contributed by atoms with van der Waals surface area (Å²) < 4.78 is 5.28. The molecule has 4 aromatic rings. The second-order valence-electron chi connectivity index (χ2n) is 8.63. The Hall–Kier alpha value is -4.55. The lowest BCUT2D eigenvalue weighted by atomic mass is 9.96. The molecule has 0 aromatic heterocycles. The summed E-state index contributed by atoms with van der Waals surface area (Å²) in [5, 5.41) is 22.7. The van der Waals surface area contributed by atoms with Crippen LogP contribution >= 0.6 is 11.6 Å². The number of ether oxygens (including phenoxy) is 1. The van der Waals surface area contributed by atoms with Gasteiger partial charge in [-0.15, -0.1) is 0 Å². The van der Waals surface area contributed by atoms with E-state index in [9.17, 15) is 19.8 Å². The number of hydrogen-bond donors (Lipinski definition) is 3. The molecule has 0 fully saturated rings. The monoisotopic (exact) mass is 511 g/mol. The van der Waals surface area contributed by atoms with Crippen LogP contribution in [-0.2, 0) is 16.0 Å². The number of phenols is 1. The average molecular weight is 512 g/mol. The smallest absolute Gasteiger partial charge is 0.307 e. The minimum absolute atomic E-state index is 0.195. The minimum atomic E-state index is -0.972. The molecule has 0 aliphatic carbocycles. The number of carbonyl (C=O) groups excluding carboxylic acids is 1. The number of phenolic OH excluding ortho intramolecular Hbond substituents is 1. The van der Waals surface area contributed by atoms with E-state index in [1.807, 2.05) is 42.5 Å². The number of nitrogens with one attached hydrogen (secondary N) is 1. The molecule has 0 saturated carbocycles. The fraction of sp³-hybridized carbons (Fsp3) is 0.0667. The van der Waals surface area contributed by atoms with Crippen LogP contribution in [0.3, 0.4) is 0 Å². The molecular weight excluding hydrogens is 490 g/mol. The number of fused-ring (bicyclic) bond motifs is 1. The highest BCUT2D eigenvalue weighted by Crippen LogP contribution is 2.41. The maximum absolute atomic E-state index is 12.8. The Morgan fingerprint density at radius 2 is 1.65 bits per heavy atom. The van der Waals surface area contributed by atoms with Gasteiger partial charge in [-0.2, -0.15) is 0 Å². The van der Waals surface area contributed by atoms with Gasteiger partial charge < -0.3 is 20.3 Å². The molecule has 184 valence electrons. The van der Waals surface area contributed by atoms with Crippen LogP contribution in [0.2, 0.25) is 5.02 Å². The van der Waals surface area contributed by atoms with Crippen molar-refractivity contribution in [2.75, 3.05) is 12.4 Å². The first-order valence-electron chi connectivity index (χ1n) is 11.5. The highest BCUT2D eigenvalue weighted by Gasteiger charge is 2.26. The lowest BCUT2D eigenvalue weighted by Gasteiger charge is -2.10. The molecule has 0 atom stereocenters. The van der Waals surface area contributed by atoms with Crippen molar-refractivity contribution in [1.82, 2.24) is 0 Å². The molecule has 0 bridgehead atoms. The zero-order valence-electron chi connectivity index (χ0n) is 19.8. The third-order valence-electron chi connectivity index (χ3n) is 6.26. The van der Waals surface area contributed by atoms with E-state index in [4.69, 9.17) is 16.3 Å². The largest absolute Gasteiger partial charge is 0.507 e. The number of carboxylic acids is 1. The van der Waals surface area contributed by atoms with Crippen LogP contribution in [0, 0.1) is 0 Å². The first-order chi connectivity index (χ1) is 17.8. The second kappa shape index (κ2) is 9.84. The molecule has 1 amide bonds. The Bertz CT molecular complexity index is 1570. The molecular formula is C30H22ClNO5. The van der Waals surface area contributed by atoms with Gasteiger partial charge >= 0.3 is 5.97 Å². The molecule has 0 spiro atoms. The van der Waals surface area contributed by atoms with Crippen molar-refractivity contribution in [1.29, 1.82) is 0 Å². The van der Waals surface area contributed by atoms with Crippen molar-refractivity contribution in [2.45, 2.75) is 6.42 Å². The van der Waals surface area contributed by atoms with Gasteiger partial charge in [0.05, 0.1) is 24.2 Å². The molecule has 6 nitrogen and oxygen atoms in total. The number of aromatic hydroxyl groups is 1. The van der Waals surface area contributed by atoms with E-state index < -0.39 is 5.97 Å². The lowest BCUT2D eigenvalue weighted by Crippen LogP contribution is -2.04. The predicted molar refractivity (Wildman–Crippen MR) is 145 cm³/mol. The summed E-state index contributed by atoms with van der Waals surface area (Å²) in [7, 11) is 1.49. The topological polar surface area (TPSA) is 95.9 Å². The summed E-state index contributed by atoms with van der Waals surface area (Å²) in [6.45, 7) is 0. The van der Waals surface area contributed by atoms with Crippen LogP contribution in [0.25, 0.3) is 33.9 Å². The number of hydrogen-bond acceptors (Lipinski definition) is 4. The Kier molecular flexibility index (Phi) is 6.42. The zero-order valence-corrected chi connectivity index (χ0v) is 20.5. The number of carboxylic acid groups (broad SMARTS) is 1. The standard InChI is InChI=1S/C30H22ClNO5/c1-37-28-11-6-17(12-20(28)14-29(34)35)13-24-23-15-22(25(31)16-26(23)32-30(24)36)19-9-7-18(8-10-19)21-4-2-3-5-27(21)33/h2-13,15-16,33H,14H2,1H3,(H,32,36)(H,34,35). The summed E-state index contributed by atoms with van der Waals surface area (Å²) in [4.78, 5) is 24.1. The number of amides is 1. The highest BCUT2D eigenvalue weighted by molar-refractivity contribution is 6.38. The van der Waals surface area contributed by atoms with Gasteiger partial charge in [0.25, 0.3) is 5.91 Å². The molecule has 0 radical (unpaired) electrons. The van der Waals surface area contributed by atoms with Crippen molar-refractivity contribution in [2.24, 2.45) is 0 Å². The summed E-state index contributed by atoms with van der Waals surface area (Å²) in [5.74, 6) is -0.564. The zero-order chi connectivity index (χ0) is 26.1. The quantitative estimate of drug-likeness (QED) is 0.256. The van der Waals surface area contributed by atoms with Crippen molar-refractivity contribution in [3.05, 3.63) is 101 Å². The fourth-order valence-electron chi connectivity index (χ4n) is 4.48. The maximum atomic E-state index is 12.8. The van der Waals surface area contributed by atoms with Gasteiger partial charge in [-0.3, -0.25) is 9.59 Å². The Balaban J connectivity index is 1.53. The normalized spacial score (nSPS) is 13.4. The van der Waals surface area contributed by atoms with E-state index in [1.54, 1.807) is 42.5 Å². The minimum Gasteiger partial charge on any atom is -0.507 e. The molecule has 0 saturated heterocycles. The van der Waals surface area contributed by atoms with E-state index in [-0.39, 0.29) is 18.1 Å². The molecule has 1 heterocycles. The number of halogens is 1. The van der Waals surface area contributed by atoms with Gasteiger partial charge in [0.15, 0.2) is 0 Å². The van der Waals surface area contributed by atoms with E-state index in [0.717, 1.165) is 22.3 Å². The fourth-order valence-corrected chi connectivity index (χ4v) is 4.75. The number of carbonyl (C=O) groups is 2. The predicted octanol–water partition coefficient (Wildman–Crippen LogP) is 6.51. The van der Waals surface area contributed by atoms with Crippen LogP contribution in [0.5, 0.6) is 11.5 Å². The third-order valence-corrected chi connectivity index (χ3v) is 6.57. The van der Waals surface area contributed by atoms with Gasteiger partial charge in [-0.25, -0.2) is 0 Å². The van der Waals surface area contributed by atoms with E-state index in [2.05, 4.69) is 5.32 Å². The lowest BCUT2D eigenvalue weighted by molar-refractivity contribution is -0.136. The van der Waals surface area contributed by atoms with Crippen LogP contribution in [0.1, 0.15) is 16.7 Å². The number of benzene rings is 4. The van der Waals surface area contributed by atoms with E-state index in [0.29, 0.717) is 38.7 Å². The van der Waals surface area contributed by atoms with Gasteiger partial charge in [-0.1, -0.05) is 60.1 Å². The second-order valence-corrected chi connectivity index (χ2v) is 9.03. The van der Waals surface area contributed by atoms with Crippen molar-refractivity contribution >= 4 is 40.8 Å². The average Bonchev–Trinajstić information content (AvgIpc) is 3.17. The van der Waals surface area contributed by atoms with Crippen molar-refractivity contribution < 1.29 is 24.5 Å². The van der Waals surface area contributed by atoms with Crippen LogP contribution in [0.15, 0.2) is 78.9 Å². The summed E-state index contributed by atoms with van der Waals surface area (Å²) in [6, 6.07) is 23.6. The number of methoxy groups -OCH3 is 1. The molecule has 7 heteroatoms. The van der Waals surface area contributed by atoms with Gasteiger partial charge in [-0.05, 0) is 53.1 Å². The van der Waals surface area contributed by atoms with Crippen LogP contribution in [0.4, 0.5) is 5.69 Å². The number of aliphatic carboxylic acids is 1. The molecule has 0 unspecified atom stereocenters.